The Balaban J connectivity index is 2.39. The highest BCUT2D eigenvalue weighted by Crippen LogP contribution is 2.06. The van der Waals surface area contributed by atoms with Gasteiger partial charge in [-0.15, -0.1) is 0 Å². The van der Waals surface area contributed by atoms with Gasteiger partial charge in [0.05, 0.1) is 6.42 Å². The average molecular weight is 86.1 g/mol. The fourth-order valence-electron chi connectivity index (χ4n) is 0.493. The summed E-state index contributed by atoms with van der Waals surface area (Å²) in [7, 11) is 0. The average Bonchev–Trinajstić information content (AvgIpc) is 1.61. The van der Waals surface area contributed by atoms with Crippen molar-refractivity contribution in [3.05, 3.63) is 4.91 Å². The van der Waals surface area contributed by atoms with Gasteiger partial charge < -0.3 is 0 Å². The highest BCUT2D eigenvalue weighted by atomic mass is 16.3. The Morgan fingerprint density at radius 3 is 2.33 bits per heavy atom. The molecule has 1 unspecified atom stereocenters. The third kappa shape index (κ3) is 0.329. The lowest BCUT2D eigenvalue weighted by Gasteiger charge is -2.08. The lowest BCUT2D eigenvalue weighted by atomic mass is 10.1. The minimum atomic E-state index is 0.310. The summed E-state index contributed by atoms with van der Waals surface area (Å²) < 4.78 is 1.10. The molecule has 6 heavy (non-hydrogen) atoms. The normalized spacial score (nSPS) is 32.8. The van der Waals surface area contributed by atoms with Crippen molar-refractivity contribution >= 4 is 0 Å². The van der Waals surface area contributed by atoms with Gasteiger partial charge in [-0.1, -0.05) is 0 Å². The summed E-state index contributed by atoms with van der Waals surface area (Å²) in [6.07, 6.45) is 1.09. The van der Waals surface area contributed by atoms with Crippen LogP contribution in [-0.4, -0.2) is 17.3 Å². The van der Waals surface area contributed by atoms with E-state index in [1.54, 1.807) is 0 Å². The molecule has 1 fully saturated rings. The Labute approximate surface area is 36.7 Å². The second kappa shape index (κ2) is 1.03. The van der Waals surface area contributed by atoms with E-state index < -0.39 is 0 Å². The van der Waals surface area contributed by atoms with Gasteiger partial charge in [0.15, 0.2) is 6.54 Å². The van der Waals surface area contributed by atoms with Crippen LogP contribution in [0, 0.1) is 4.91 Å². The van der Waals surface area contributed by atoms with Crippen LogP contribution in [0.2, 0.25) is 0 Å². The van der Waals surface area contributed by atoms with Gasteiger partial charge in [-0.2, -0.15) is 0 Å². The minimum absolute atomic E-state index is 0.310. The van der Waals surface area contributed by atoms with Crippen molar-refractivity contribution in [2.45, 2.75) is 19.4 Å². The third-order valence-electron chi connectivity index (χ3n) is 1.26. The summed E-state index contributed by atoms with van der Waals surface area (Å²) in [6, 6.07) is 0.310. The molecule has 0 aromatic rings. The summed E-state index contributed by atoms with van der Waals surface area (Å²) in [5.41, 5.74) is 0. The SMILES string of the molecule is CC1CC[N+]1=O. The smallest absolute Gasteiger partial charge is 0.00109 e. The minimum Gasteiger partial charge on any atom is 0.00109 e. The largest absolute Gasteiger partial charge is 0.204 e. The lowest BCUT2D eigenvalue weighted by molar-refractivity contribution is -0.639. The molecule has 2 heteroatoms. The van der Waals surface area contributed by atoms with Crippen molar-refractivity contribution in [2.75, 3.05) is 6.54 Å². The zero-order chi connectivity index (χ0) is 4.57. The Kier molecular flexibility index (Phi) is 0.650. The van der Waals surface area contributed by atoms with Crippen LogP contribution in [0.3, 0.4) is 0 Å². The first-order valence-corrected chi connectivity index (χ1v) is 2.24. The van der Waals surface area contributed by atoms with Crippen molar-refractivity contribution in [3.8, 4) is 0 Å². The van der Waals surface area contributed by atoms with Gasteiger partial charge in [-0.05, 0) is 0 Å². The lowest BCUT2D eigenvalue weighted by Crippen LogP contribution is -2.34. The van der Waals surface area contributed by atoms with E-state index in [2.05, 4.69) is 0 Å². The van der Waals surface area contributed by atoms with Crippen LogP contribution >= 0.6 is 0 Å². The molecule has 0 aromatic carbocycles. The molecule has 1 aliphatic heterocycles. The zero-order valence-corrected chi connectivity index (χ0v) is 3.85. The third-order valence-corrected chi connectivity index (χ3v) is 1.26. The molecule has 1 rings (SSSR count). The Morgan fingerprint density at radius 2 is 2.33 bits per heavy atom. The molecule has 1 saturated heterocycles. The van der Waals surface area contributed by atoms with Crippen molar-refractivity contribution in [1.29, 1.82) is 0 Å². The van der Waals surface area contributed by atoms with E-state index in [4.69, 9.17) is 0 Å². The number of rotatable bonds is 0. The molecule has 0 amide bonds. The molecular weight excluding hydrogens is 78.0 g/mol. The molecule has 0 bridgehead atoms. The zero-order valence-electron chi connectivity index (χ0n) is 3.85. The van der Waals surface area contributed by atoms with Crippen LogP contribution in [-0.2, 0) is 0 Å². The van der Waals surface area contributed by atoms with E-state index >= 15 is 0 Å². The molecule has 1 aliphatic rings. The highest BCUT2D eigenvalue weighted by molar-refractivity contribution is 4.53. The fraction of sp³-hybridized carbons (Fsp3) is 1.00. The number of nitroso groups, excluding NO2 is 1. The quantitative estimate of drug-likeness (QED) is 0.394. The van der Waals surface area contributed by atoms with Gasteiger partial charge in [-0.3, -0.25) is 0 Å². The van der Waals surface area contributed by atoms with Crippen molar-refractivity contribution in [2.24, 2.45) is 0 Å². The predicted molar refractivity (Wildman–Crippen MR) is 22.6 cm³/mol. The molecular formula is C4H8NO+. The van der Waals surface area contributed by atoms with E-state index in [0.717, 1.165) is 17.7 Å². The van der Waals surface area contributed by atoms with Crippen LogP contribution in [0.5, 0.6) is 0 Å². The molecule has 2 nitrogen and oxygen atoms in total. The van der Waals surface area contributed by atoms with Crippen LogP contribution in [0.4, 0.5) is 0 Å². The van der Waals surface area contributed by atoms with Crippen molar-refractivity contribution in [1.82, 2.24) is 0 Å². The standard InChI is InChI=1S/C4H8NO/c1-4-2-3-5(4)6/h4H,2-3H2,1H3/q+1. The first-order valence-electron chi connectivity index (χ1n) is 2.24. The number of hydrogen-bond donors (Lipinski definition) is 0. The maximum atomic E-state index is 10.1. The second-order valence-electron chi connectivity index (χ2n) is 1.78. The predicted octanol–water partition coefficient (Wildman–Crippen LogP) is 0.557. The maximum absolute atomic E-state index is 10.1. The molecule has 1 atom stereocenters. The van der Waals surface area contributed by atoms with Crippen LogP contribution in [0.15, 0.2) is 0 Å². The summed E-state index contributed by atoms with van der Waals surface area (Å²) in [4.78, 5) is 10.1. The molecule has 0 saturated carbocycles. The van der Waals surface area contributed by atoms with Gasteiger partial charge in [-0.25, -0.2) is 0 Å². The van der Waals surface area contributed by atoms with Gasteiger partial charge in [0.1, 0.15) is 0 Å². The first-order chi connectivity index (χ1) is 2.80. The molecule has 34 valence electrons. The Morgan fingerprint density at radius 1 is 1.83 bits per heavy atom. The first kappa shape index (κ1) is 3.78. The monoisotopic (exact) mass is 86.1 g/mol. The topological polar surface area (TPSA) is 20.1 Å². The van der Waals surface area contributed by atoms with E-state index in [9.17, 15) is 4.91 Å². The van der Waals surface area contributed by atoms with Crippen molar-refractivity contribution in [3.63, 3.8) is 0 Å². The summed E-state index contributed by atoms with van der Waals surface area (Å²) in [6.45, 7) is 2.69. The number of nitrogens with zero attached hydrogens (tertiary/aromatic N) is 1. The maximum Gasteiger partial charge on any atom is 0.204 e. The number of hydrogen-bond acceptors (Lipinski definition) is 1. The molecule has 0 spiro atoms. The molecule has 0 aromatic heterocycles. The van der Waals surface area contributed by atoms with Crippen LogP contribution in [0.25, 0.3) is 0 Å². The van der Waals surface area contributed by atoms with E-state index in [1.165, 1.54) is 0 Å². The fourth-order valence-corrected chi connectivity index (χ4v) is 0.493. The van der Waals surface area contributed by atoms with Gasteiger partial charge in [0.25, 0.3) is 0 Å². The molecule has 1 heterocycles. The van der Waals surface area contributed by atoms with Crippen LogP contribution in [0.1, 0.15) is 13.3 Å². The van der Waals surface area contributed by atoms with Crippen LogP contribution < -0.4 is 0 Å². The van der Waals surface area contributed by atoms with Crippen molar-refractivity contribution < 1.29 is 4.76 Å². The summed E-state index contributed by atoms with van der Waals surface area (Å²) in [5, 5.41) is 0. The molecule has 0 N–H and O–H groups in total. The summed E-state index contributed by atoms with van der Waals surface area (Å²) >= 11 is 0. The van der Waals surface area contributed by atoms with Gasteiger partial charge in [0.2, 0.25) is 6.04 Å². The van der Waals surface area contributed by atoms with Gasteiger partial charge in [0, 0.05) is 16.6 Å². The van der Waals surface area contributed by atoms with Gasteiger partial charge >= 0.3 is 0 Å². The van der Waals surface area contributed by atoms with E-state index in [0.29, 0.717) is 6.04 Å². The second-order valence-corrected chi connectivity index (χ2v) is 1.78. The highest BCUT2D eigenvalue weighted by Gasteiger charge is 2.30. The Bertz CT molecular complexity index is 79.6. The van der Waals surface area contributed by atoms with E-state index in [-0.39, 0.29) is 0 Å². The molecule has 0 radical (unpaired) electrons. The molecule has 0 aliphatic carbocycles. The van der Waals surface area contributed by atoms with E-state index in [1.807, 2.05) is 6.92 Å². The summed E-state index contributed by atoms with van der Waals surface area (Å²) in [5.74, 6) is 0. The Hall–Kier alpha value is -0.400.